The van der Waals surface area contributed by atoms with Gasteiger partial charge in [-0.25, -0.2) is 4.79 Å². The van der Waals surface area contributed by atoms with E-state index >= 15 is 0 Å². The first-order chi connectivity index (χ1) is 10.3. The SMILES string of the molecule is CCC(C/C=C/c1ccccc1)(N=C=O)c1ccccc1. The van der Waals surface area contributed by atoms with Gasteiger partial charge in [-0.1, -0.05) is 79.7 Å². The van der Waals surface area contributed by atoms with Gasteiger partial charge < -0.3 is 0 Å². The molecule has 0 amide bonds. The lowest BCUT2D eigenvalue weighted by Gasteiger charge is -2.26. The van der Waals surface area contributed by atoms with Crippen molar-refractivity contribution in [1.82, 2.24) is 0 Å². The van der Waals surface area contributed by atoms with Crippen molar-refractivity contribution in [2.45, 2.75) is 25.3 Å². The lowest BCUT2D eigenvalue weighted by atomic mass is 9.84. The maximum absolute atomic E-state index is 10.9. The van der Waals surface area contributed by atoms with Crippen molar-refractivity contribution in [3.63, 3.8) is 0 Å². The van der Waals surface area contributed by atoms with E-state index in [2.05, 4.69) is 29.3 Å². The second kappa shape index (κ2) is 7.37. The van der Waals surface area contributed by atoms with E-state index in [1.165, 1.54) is 0 Å². The summed E-state index contributed by atoms with van der Waals surface area (Å²) in [5.74, 6) is 0. The molecule has 0 saturated heterocycles. The van der Waals surface area contributed by atoms with Gasteiger partial charge in [-0.3, -0.25) is 0 Å². The van der Waals surface area contributed by atoms with E-state index < -0.39 is 5.54 Å². The zero-order valence-electron chi connectivity index (χ0n) is 12.2. The van der Waals surface area contributed by atoms with E-state index in [-0.39, 0.29) is 0 Å². The van der Waals surface area contributed by atoms with Crippen LogP contribution in [0.2, 0.25) is 0 Å². The zero-order chi connectivity index (χ0) is 15.0. The van der Waals surface area contributed by atoms with Crippen LogP contribution in [0.5, 0.6) is 0 Å². The molecule has 0 aliphatic heterocycles. The first kappa shape index (κ1) is 15.0. The van der Waals surface area contributed by atoms with Gasteiger partial charge in [0.25, 0.3) is 0 Å². The van der Waals surface area contributed by atoms with E-state index in [0.29, 0.717) is 6.42 Å². The fraction of sp³-hybridized carbons (Fsp3) is 0.211. The van der Waals surface area contributed by atoms with Gasteiger partial charge in [0.15, 0.2) is 0 Å². The molecule has 0 radical (unpaired) electrons. The van der Waals surface area contributed by atoms with Crippen LogP contribution in [0.4, 0.5) is 0 Å². The first-order valence-corrected chi connectivity index (χ1v) is 7.17. The van der Waals surface area contributed by atoms with Crippen LogP contribution in [-0.2, 0) is 10.3 Å². The number of hydrogen-bond acceptors (Lipinski definition) is 2. The number of aliphatic imine (C=N–C) groups is 1. The van der Waals surface area contributed by atoms with Gasteiger partial charge in [0.05, 0.1) is 0 Å². The van der Waals surface area contributed by atoms with Crippen LogP contribution >= 0.6 is 0 Å². The molecule has 1 unspecified atom stereocenters. The molecule has 0 aromatic heterocycles. The Hall–Kier alpha value is -2.44. The van der Waals surface area contributed by atoms with Crippen LogP contribution in [0, 0.1) is 0 Å². The highest BCUT2D eigenvalue weighted by atomic mass is 16.1. The van der Waals surface area contributed by atoms with Gasteiger partial charge in [-0.15, -0.1) is 0 Å². The summed E-state index contributed by atoms with van der Waals surface area (Å²) in [5, 5.41) is 0. The van der Waals surface area contributed by atoms with E-state index in [0.717, 1.165) is 17.5 Å². The van der Waals surface area contributed by atoms with Crippen molar-refractivity contribution in [1.29, 1.82) is 0 Å². The summed E-state index contributed by atoms with van der Waals surface area (Å²) in [5.41, 5.74) is 1.67. The Morgan fingerprint density at radius 3 is 2.24 bits per heavy atom. The monoisotopic (exact) mass is 277 g/mol. The highest BCUT2D eigenvalue weighted by Gasteiger charge is 2.28. The molecule has 0 bridgehead atoms. The molecule has 2 rings (SSSR count). The predicted molar refractivity (Wildman–Crippen MR) is 86.6 cm³/mol. The molecule has 2 heteroatoms. The summed E-state index contributed by atoms with van der Waals surface area (Å²) in [4.78, 5) is 15.0. The second-order valence-corrected chi connectivity index (χ2v) is 4.97. The maximum atomic E-state index is 10.9. The number of benzene rings is 2. The second-order valence-electron chi connectivity index (χ2n) is 4.97. The highest BCUT2D eigenvalue weighted by Crippen LogP contribution is 2.33. The van der Waals surface area contributed by atoms with Crippen LogP contribution in [0.1, 0.15) is 30.9 Å². The summed E-state index contributed by atoms with van der Waals surface area (Å²) in [6, 6.07) is 20.1. The molecule has 2 nitrogen and oxygen atoms in total. The normalized spacial score (nSPS) is 13.6. The number of hydrogen-bond donors (Lipinski definition) is 0. The minimum Gasteiger partial charge on any atom is -0.211 e. The summed E-state index contributed by atoms with van der Waals surface area (Å²) >= 11 is 0. The van der Waals surface area contributed by atoms with Gasteiger partial charge in [-0.05, 0) is 24.0 Å². The molecule has 2 aromatic carbocycles. The molecule has 0 fully saturated rings. The van der Waals surface area contributed by atoms with Crippen molar-refractivity contribution >= 4 is 12.2 Å². The topological polar surface area (TPSA) is 29.4 Å². The Balaban J connectivity index is 2.25. The fourth-order valence-electron chi connectivity index (χ4n) is 2.45. The van der Waals surface area contributed by atoms with Crippen LogP contribution < -0.4 is 0 Å². The van der Waals surface area contributed by atoms with Gasteiger partial charge >= 0.3 is 0 Å². The lowest BCUT2D eigenvalue weighted by Crippen LogP contribution is -2.21. The quantitative estimate of drug-likeness (QED) is 0.554. The third-order valence-corrected chi connectivity index (χ3v) is 3.72. The highest BCUT2D eigenvalue weighted by molar-refractivity contribution is 5.49. The van der Waals surface area contributed by atoms with Crippen molar-refractivity contribution in [2.75, 3.05) is 0 Å². The van der Waals surface area contributed by atoms with Crippen LogP contribution in [0.3, 0.4) is 0 Å². The largest absolute Gasteiger partial charge is 0.235 e. The summed E-state index contributed by atoms with van der Waals surface area (Å²) in [6.45, 7) is 2.05. The van der Waals surface area contributed by atoms with E-state index in [9.17, 15) is 4.79 Å². The van der Waals surface area contributed by atoms with Crippen LogP contribution in [0.25, 0.3) is 6.08 Å². The average molecular weight is 277 g/mol. The first-order valence-electron chi connectivity index (χ1n) is 7.17. The predicted octanol–water partition coefficient (Wildman–Crippen LogP) is 4.73. The smallest absolute Gasteiger partial charge is 0.211 e. The zero-order valence-corrected chi connectivity index (χ0v) is 12.2. The van der Waals surface area contributed by atoms with Crippen molar-refractivity contribution in [3.8, 4) is 0 Å². The number of carbonyl (C=O) groups excluding carboxylic acids is 1. The Morgan fingerprint density at radius 1 is 1.05 bits per heavy atom. The molecule has 0 saturated carbocycles. The molecule has 21 heavy (non-hydrogen) atoms. The molecule has 1 atom stereocenters. The molecular weight excluding hydrogens is 258 g/mol. The molecule has 0 aliphatic carbocycles. The Kier molecular flexibility index (Phi) is 5.25. The number of isocyanates is 1. The fourth-order valence-corrected chi connectivity index (χ4v) is 2.45. The van der Waals surface area contributed by atoms with Gasteiger partial charge in [0, 0.05) is 0 Å². The minimum absolute atomic E-state index is 0.520. The van der Waals surface area contributed by atoms with E-state index in [1.807, 2.05) is 55.5 Å². The van der Waals surface area contributed by atoms with Crippen molar-refractivity contribution in [2.24, 2.45) is 4.99 Å². The number of rotatable bonds is 6. The van der Waals surface area contributed by atoms with Crippen molar-refractivity contribution < 1.29 is 4.79 Å². The average Bonchev–Trinajstić information content (AvgIpc) is 2.56. The summed E-state index contributed by atoms with van der Waals surface area (Å²) < 4.78 is 0. The molecular formula is C19H19NO. The lowest BCUT2D eigenvalue weighted by molar-refractivity contribution is 0.431. The summed E-state index contributed by atoms with van der Waals surface area (Å²) in [6.07, 6.45) is 7.32. The molecule has 0 aliphatic rings. The number of nitrogens with zero attached hydrogens (tertiary/aromatic N) is 1. The molecule has 0 N–H and O–H groups in total. The minimum atomic E-state index is -0.520. The van der Waals surface area contributed by atoms with Gasteiger partial charge in [0.2, 0.25) is 6.08 Å². The van der Waals surface area contributed by atoms with E-state index in [4.69, 9.17) is 0 Å². The summed E-state index contributed by atoms with van der Waals surface area (Å²) in [7, 11) is 0. The molecule has 0 heterocycles. The van der Waals surface area contributed by atoms with Gasteiger partial charge in [0.1, 0.15) is 5.54 Å². The van der Waals surface area contributed by atoms with Gasteiger partial charge in [-0.2, -0.15) is 4.99 Å². The Morgan fingerprint density at radius 2 is 1.67 bits per heavy atom. The maximum Gasteiger partial charge on any atom is 0.235 e. The molecule has 2 aromatic rings. The Labute approximate surface area is 125 Å². The van der Waals surface area contributed by atoms with Crippen LogP contribution in [-0.4, -0.2) is 6.08 Å². The standard InChI is InChI=1S/C19H19NO/c1-2-19(20-16-21,18-13-7-4-8-14-18)15-9-12-17-10-5-3-6-11-17/h3-14H,2,15H2,1H3/b12-9+. The molecule has 106 valence electrons. The Bertz CT molecular complexity index is 627. The molecule has 0 spiro atoms. The van der Waals surface area contributed by atoms with E-state index in [1.54, 1.807) is 6.08 Å². The third-order valence-electron chi connectivity index (χ3n) is 3.72. The van der Waals surface area contributed by atoms with Crippen LogP contribution in [0.15, 0.2) is 71.7 Å². The van der Waals surface area contributed by atoms with Crippen molar-refractivity contribution in [3.05, 3.63) is 77.9 Å². The third kappa shape index (κ3) is 3.77.